The largest absolute Gasteiger partial charge is 0.378 e. The molecule has 0 bridgehead atoms. The lowest BCUT2D eigenvalue weighted by atomic mass is 10.1. The van der Waals surface area contributed by atoms with Crippen LogP contribution in [0, 0.1) is 0 Å². The highest BCUT2D eigenvalue weighted by molar-refractivity contribution is 5.75. The lowest BCUT2D eigenvalue weighted by molar-refractivity contribution is -0.122. The minimum Gasteiger partial charge on any atom is -0.378 e. The molecule has 2 aromatic rings. The molecule has 2 aliphatic heterocycles. The first-order valence-electron chi connectivity index (χ1n) is 10.1. The molecule has 1 fully saturated rings. The summed E-state index contributed by atoms with van der Waals surface area (Å²) in [5.41, 5.74) is 2.00. The number of para-hydroxylation sites is 1. The van der Waals surface area contributed by atoms with E-state index in [1.54, 1.807) is 4.57 Å². The van der Waals surface area contributed by atoms with Crippen LogP contribution in [0.5, 0.6) is 0 Å². The number of hydrogen-bond donors (Lipinski definition) is 1. The van der Waals surface area contributed by atoms with Gasteiger partial charge in [-0.25, -0.2) is 9.48 Å². The Hall–Kier alpha value is -2.61. The summed E-state index contributed by atoms with van der Waals surface area (Å²) in [7, 11) is 0. The highest BCUT2D eigenvalue weighted by atomic mass is 16.5. The van der Waals surface area contributed by atoms with Gasteiger partial charge in [-0.2, -0.15) is 5.10 Å². The van der Waals surface area contributed by atoms with Crippen LogP contribution in [0.15, 0.2) is 29.1 Å². The van der Waals surface area contributed by atoms with Crippen LogP contribution in [0.3, 0.4) is 0 Å². The molecule has 28 heavy (non-hydrogen) atoms. The van der Waals surface area contributed by atoms with E-state index < -0.39 is 0 Å². The Kier molecular flexibility index (Phi) is 5.76. The van der Waals surface area contributed by atoms with E-state index in [-0.39, 0.29) is 18.1 Å². The average Bonchev–Trinajstić information content (AvgIpc) is 2.88. The number of benzene rings is 1. The molecule has 1 saturated heterocycles. The molecule has 4 rings (SSSR count). The molecule has 1 N–H and O–H groups in total. The van der Waals surface area contributed by atoms with E-state index in [2.05, 4.69) is 21.4 Å². The fraction of sp³-hybridized carbons (Fsp3) is 0.550. The number of fused-ring (bicyclic) bond motifs is 1. The maximum absolute atomic E-state index is 12.5. The van der Waals surface area contributed by atoms with Gasteiger partial charge >= 0.3 is 5.69 Å². The van der Waals surface area contributed by atoms with Crippen LogP contribution in [-0.2, 0) is 35.6 Å². The minimum absolute atomic E-state index is 0.0431. The molecular formula is C20H27N5O3. The zero-order chi connectivity index (χ0) is 19.3. The first-order valence-corrected chi connectivity index (χ1v) is 10.1. The third-order valence-corrected chi connectivity index (χ3v) is 5.39. The number of aromatic nitrogens is 3. The average molecular weight is 385 g/mol. The van der Waals surface area contributed by atoms with Gasteiger partial charge in [0.2, 0.25) is 5.91 Å². The first-order chi connectivity index (χ1) is 13.7. The van der Waals surface area contributed by atoms with Crippen molar-refractivity contribution in [3.63, 3.8) is 0 Å². The summed E-state index contributed by atoms with van der Waals surface area (Å²) in [4.78, 5) is 27.2. The third-order valence-electron chi connectivity index (χ3n) is 5.39. The second-order valence-electron chi connectivity index (χ2n) is 7.32. The van der Waals surface area contributed by atoms with Crippen molar-refractivity contribution in [2.75, 3.05) is 31.2 Å². The lowest BCUT2D eigenvalue weighted by Gasteiger charge is -2.30. The van der Waals surface area contributed by atoms with Gasteiger partial charge in [-0.15, -0.1) is 0 Å². The summed E-state index contributed by atoms with van der Waals surface area (Å²) in [6.07, 6.45) is 3.95. The summed E-state index contributed by atoms with van der Waals surface area (Å²) in [5.74, 6) is 0.597. The Morgan fingerprint density at radius 3 is 2.79 bits per heavy atom. The van der Waals surface area contributed by atoms with Gasteiger partial charge in [-0.1, -0.05) is 24.6 Å². The molecule has 0 radical (unpaired) electrons. The molecule has 8 heteroatoms. The molecule has 0 aliphatic carbocycles. The van der Waals surface area contributed by atoms with Crippen LogP contribution in [0.4, 0.5) is 5.69 Å². The second kappa shape index (κ2) is 8.60. The van der Waals surface area contributed by atoms with Gasteiger partial charge in [0.15, 0.2) is 0 Å². The SMILES string of the molecule is O=C(Cn1nc2n(c1=O)CCCCC2)NCc1ccccc1N1CCOCC1. The maximum atomic E-state index is 12.5. The van der Waals surface area contributed by atoms with E-state index in [9.17, 15) is 9.59 Å². The van der Waals surface area contributed by atoms with E-state index in [1.165, 1.54) is 4.68 Å². The third kappa shape index (κ3) is 4.11. The lowest BCUT2D eigenvalue weighted by Crippen LogP contribution is -2.37. The summed E-state index contributed by atoms with van der Waals surface area (Å²) < 4.78 is 8.44. The molecule has 0 saturated carbocycles. The van der Waals surface area contributed by atoms with Crippen LogP contribution < -0.4 is 15.9 Å². The van der Waals surface area contributed by atoms with Crippen LogP contribution in [0.1, 0.15) is 30.7 Å². The summed E-state index contributed by atoms with van der Waals surface area (Å²) in [6.45, 7) is 4.21. The predicted molar refractivity (Wildman–Crippen MR) is 105 cm³/mol. The fourth-order valence-electron chi connectivity index (χ4n) is 3.89. The van der Waals surface area contributed by atoms with Crippen molar-refractivity contribution in [1.29, 1.82) is 0 Å². The number of aryl methyl sites for hydroxylation is 1. The minimum atomic E-state index is -0.202. The Morgan fingerprint density at radius 1 is 1.11 bits per heavy atom. The first kappa shape index (κ1) is 18.7. The van der Waals surface area contributed by atoms with Crippen LogP contribution in [-0.4, -0.2) is 46.6 Å². The number of morpholine rings is 1. The highest BCUT2D eigenvalue weighted by Crippen LogP contribution is 2.21. The number of carbonyl (C=O) groups is 1. The van der Waals surface area contributed by atoms with Gasteiger partial charge in [-0.3, -0.25) is 9.36 Å². The number of amides is 1. The Labute approximate surface area is 164 Å². The van der Waals surface area contributed by atoms with Crippen LogP contribution in [0.25, 0.3) is 0 Å². The molecule has 0 atom stereocenters. The summed E-state index contributed by atoms with van der Waals surface area (Å²) in [6, 6.07) is 8.08. The number of hydrogen-bond acceptors (Lipinski definition) is 5. The van der Waals surface area contributed by atoms with Crippen molar-refractivity contribution in [3.8, 4) is 0 Å². The zero-order valence-electron chi connectivity index (χ0n) is 16.1. The zero-order valence-corrected chi connectivity index (χ0v) is 16.1. The van der Waals surface area contributed by atoms with Gasteiger partial charge in [-0.05, 0) is 24.5 Å². The molecule has 150 valence electrons. The number of ether oxygens (including phenoxy) is 1. The van der Waals surface area contributed by atoms with E-state index >= 15 is 0 Å². The molecule has 1 aromatic carbocycles. The normalized spacial score (nSPS) is 17.1. The van der Waals surface area contributed by atoms with E-state index in [4.69, 9.17) is 4.74 Å². The number of nitrogens with one attached hydrogen (secondary N) is 1. The monoisotopic (exact) mass is 385 g/mol. The van der Waals surface area contributed by atoms with Gasteiger partial charge in [0, 0.05) is 38.3 Å². The van der Waals surface area contributed by atoms with Crippen LogP contribution in [0.2, 0.25) is 0 Å². The standard InChI is InChI=1S/C20H27N5O3/c26-19(15-25-20(27)24-9-5-1-2-8-18(24)22-25)21-14-16-6-3-4-7-17(16)23-10-12-28-13-11-23/h3-4,6-7H,1-2,5,8-15H2,(H,21,26). The van der Waals surface area contributed by atoms with Gasteiger partial charge in [0.05, 0.1) is 13.2 Å². The quantitative estimate of drug-likeness (QED) is 0.828. The molecule has 2 aliphatic rings. The van der Waals surface area contributed by atoms with Gasteiger partial charge in [0.25, 0.3) is 0 Å². The second-order valence-corrected chi connectivity index (χ2v) is 7.32. The number of anilines is 1. The Morgan fingerprint density at radius 2 is 1.93 bits per heavy atom. The van der Waals surface area contributed by atoms with E-state index in [1.807, 2.05) is 18.2 Å². The maximum Gasteiger partial charge on any atom is 0.346 e. The van der Waals surface area contributed by atoms with E-state index in [0.717, 1.165) is 55.8 Å². The topological polar surface area (TPSA) is 81.4 Å². The van der Waals surface area contributed by atoms with Crippen molar-refractivity contribution in [2.45, 2.75) is 45.3 Å². The summed E-state index contributed by atoms with van der Waals surface area (Å²) >= 11 is 0. The highest BCUT2D eigenvalue weighted by Gasteiger charge is 2.18. The van der Waals surface area contributed by atoms with Crippen molar-refractivity contribution < 1.29 is 9.53 Å². The molecule has 0 spiro atoms. The Balaban J connectivity index is 1.40. The smallest absolute Gasteiger partial charge is 0.346 e. The van der Waals surface area contributed by atoms with Crippen molar-refractivity contribution in [1.82, 2.24) is 19.7 Å². The van der Waals surface area contributed by atoms with E-state index in [0.29, 0.717) is 26.3 Å². The number of rotatable bonds is 5. The molecule has 1 amide bonds. The fourth-order valence-corrected chi connectivity index (χ4v) is 3.89. The molecule has 8 nitrogen and oxygen atoms in total. The van der Waals surface area contributed by atoms with Gasteiger partial charge in [0.1, 0.15) is 12.4 Å². The number of nitrogens with zero attached hydrogens (tertiary/aromatic N) is 4. The number of carbonyl (C=O) groups excluding carboxylic acids is 1. The molecule has 0 unspecified atom stereocenters. The molecule has 1 aromatic heterocycles. The van der Waals surface area contributed by atoms with Crippen LogP contribution >= 0.6 is 0 Å². The predicted octanol–water partition coefficient (Wildman–Crippen LogP) is 0.924. The van der Waals surface area contributed by atoms with Crippen molar-refractivity contribution >= 4 is 11.6 Å². The van der Waals surface area contributed by atoms with Crippen molar-refractivity contribution in [2.24, 2.45) is 0 Å². The van der Waals surface area contributed by atoms with Crippen molar-refractivity contribution in [3.05, 3.63) is 46.1 Å². The van der Waals surface area contributed by atoms with Gasteiger partial charge < -0.3 is 15.0 Å². The molecule has 3 heterocycles. The summed E-state index contributed by atoms with van der Waals surface area (Å²) in [5, 5.41) is 7.32. The Bertz CT molecular complexity index is 882. The molecular weight excluding hydrogens is 358 g/mol.